The molecular weight excluding hydrogens is 265 g/mol. The molecule has 1 fully saturated rings. The highest BCUT2D eigenvalue weighted by Crippen LogP contribution is 2.40. The second-order valence-corrected chi connectivity index (χ2v) is 5.69. The molecule has 1 saturated heterocycles. The van der Waals surface area contributed by atoms with Crippen molar-refractivity contribution in [2.75, 3.05) is 6.54 Å². The molecule has 2 aromatic rings. The van der Waals surface area contributed by atoms with Gasteiger partial charge in [0, 0.05) is 17.6 Å². The number of phenols is 1. The van der Waals surface area contributed by atoms with Gasteiger partial charge < -0.3 is 5.11 Å². The highest BCUT2D eigenvalue weighted by atomic mass is 19.1. The summed E-state index contributed by atoms with van der Waals surface area (Å²) < 4.78 is 13.5. The third kappa shape index (κ3) is 2.79. The molecule has 0 bridgehead atoms. The molecule has 2 nitrogen and oxygen atoms in total. The fourth-order valence-corrected chi connectivity index (χ4v) is 3.32. The number of hydrogen-bond acceptors (Lipinski definition) is 2. The number of nitrogens with zero attached hydrogens (tertiary/aromatic N) is 1. The van der Waals surface area contributed by atoms with Crippen molar-refractivity contribution in [3.8, 4) is 5.75 Å². The van der Waals surface area contributed by atoms with E-state index in [2.05, 4.69) is 29.2 Å². The van der Waals surface area contributed by atoms with Gasteiger partial charge in [-0.2, -0.15) is 0 Å². The van der Waals surface area contributed by atoms with Crippen LogP contribution in [0, 0.1) is 5.82 Å². The van der Waals surface area contributed by atoms with Crippen LogP contribution in [0.15, 0.2) is 48.5 Å². The maximum atomic E-state index is 13.5. The predicted molar refractivity (Wildman–Crippen MR) is 81.6 cm³/mol. The van der Waals surface area contributed by atoms with E-state index in [0.29, 0.717) is 11.6 Å². The average Bonchev–Trinajstić information content (AvgIpc) is 2.99. The van der Waals surface area contributed by atoms with Gasteiger partial charge in [-0.05, 0) is 50.1 Å². The van der Waals surface area contributed by atoms with Crippen molar-refractivity contribution in [1.82, 2.24) is 4.90 Å². The van der Waals surface area contributed by atoms with Crippen LogP contribution in [0.5, 0.6) is 5.75 Å². The normalized spacial score (nSPS) is 20.6. The number of hydrogen-bond donors (Lipinski definition) is 1. The molecule has 0 aliphatic carbocycles. The summed E-state index contributed by atoms with van der Waals surface area (Å²) in [6.45, 7) is 3.01. The van der Waals surface area contributed by atoms with Gasteiger partial charge in [-0.15, -0.1) is 0 Å². The third-order valence-electron chi connectivity index (χ3n) is 4.42. The van der Waals surface area contributed by atoms with Gasteiger partial charge in [-0.3, -0.25) is 4.90 Å². The molecular formula is C18H20FNO. The molecule has 0 aromatic heterocycles. The van der Waals surface area contributed by atoms with Gasteiger partial charge in [0.2, 0.25) is 0 Å². The quantitative estimate of drug-likeness (QED) is 0.901. The molecule has 0 saturated carbocycles. The van der Waals surface area contributed by atoms with E-state index in [4.69, 9.17) is 0 Å². The van der Waals surface area contributed by atoms with Crippen molar-refractivity contribution in [2.45, 2.75) is 31.8 Å². The monoisotopic (exact) mass is 285 g/mol. The lowest BCUT2D eigenvalue weighted by Crippen LogP contribution is -2.26. The zero-order valence-electron chi connectivity index (χ0n) is 12.2. The lowest BCUT2D eigenvalue weighted by atomic mass is 10.0. The standard InChI is InChI=1S/C18H20FNO/c1-13(16-12-15(19)9-10-18(16)21)20-11-5-8-17(20)14-6-3-2-4-7-14/h2-4,6-7,9-10,12-13,17,21H,5,8,11H2,1H3. The topological polar surface area (TPSA) is 23.5 Å². The van der Waals surface area contributed by atoms with Crippen LogP contribution in [0.25, 0.3) is 0 Å². The van der Waals surface area contributed by atoms with E-state index in [0.717, 1.165) is 19.4 Å². The minimum atomic E-state index is -0.301. The first-order chi connectivity index (χ1) is 10.2. The lowest BCUT2D eigenvalue weighted by molar-refractivity contribution is 0.190. The van der Waals surface area contributed by atoms with Crippen LogP contribution in [0.1, 0.15) is 43.0 Å². The average molecular weight is 285 g/mol. The maximum absolute atomic E-state index is 13.5. The number of rotatable bonds is 3. The van der Waals surface area contributed by atoms with Crippen LogP contribution in [0.4, 0.5) is 4.39 Å². The van der Waals surface area contributed by atoms with E-state index in [1.165, 1.54) is 23.8 Å². The smallest absolute Gasteiger partial charge is 0.123 e. The number of aromatic hydroxyl groups is 1. The summed E-state index contributed by atoms with van der Waals surface area (Å²) >= 11 is 0. The third-order valence-corrected chi connectivity index (χ3v) is 4.42. The molecule has 1 aliphatic heterocycles. The Balaban J connectivity index is 1.90. The van der Waals surface area contributed by atoms with Crippen LogP contribution in [0.2, 0.25) is 0 Å². The van der Waals surface area contributed by atoms with Crippen molar-refractivity contribution in [1.29, 1.82) is 0 Å². The number of phenolic OH excluding ortho intramolecular Hbond substituents is 1. The zero-order chi connectivity index (χ0) is 14.8. The summed E-state index contributed by atoms with van der Waals surface area (Å²) in [4.78, 5) is 2.35. The van der Waals surface area contributed by atoms with Gasteiger partial charge in [0.05, 0.1) is 0 Å². The van der Waals surface area contributed by atoms with E-state index in [1.54, 1.807) is 0 Å². The Morgan fingerprint density at radius 2 is 1.95 bits per heavy atom. The van der Waals surface area contributed by atoms with E-state index >= 15 is 0 Å². The van der Waals surface area contributed by atoms with Gasteiger partial charge in [0.1, 0.15) is 11.6 Å². The molecule has 1 N–H and O–H groups in total. The first kappa shape index (κ1) is 14.1. The number of likely N-dealkylation sites (tertiary alicyclic amines) is 1. The Morgan fingerprint density at radius 1 is 1.19 bits per heavy atom. The Labute approximate surface area is 124 Å². The van der Waals surface area contributed by atoms with Crippen molar-refractivity contribution >= 4 is 0 Å². The van der Waals surface area contributed by atoms with E-state index in [9.17, 15) is 9.50 Å². The molecule has 1 aliphatic rings. The second-order valence-electron chi connectivity index (χ2n) is 5.69. The Bertz CT molecular complexity index is 614. The molecule has 3 heteroatoms. The summed E-state index contributed by atoms with van der Waals surface area (Å²) in [5, 5.41) is 10.0. The molecule has 2 unspecified atom stereocenters. The molecule has 3 rings (SSSR count). The highest BCUT2D eigenvalue weighted by molar-refractivity contribution is 5.35. The van der Waals surface area contributed by atoms with E-state index in [-0.39, 0.29) is 17.6 Å². The first-order valence-corrected chi connectivity index (χ1v) is 7.46. The summed E-state index contributed by atoms with van der Waals surface area (Å²) in [6, 6.07) is 14.9. The Morgan fingerprint density at radius 3 is 2.71 bits per heavy atom. The summed E-state index contributed by atoms with van der Waals surface area (Å²) in [5.41, 5.74) is 1.95. The van der Waals surface area contributed by atoms with E-state index < -0.39 is 0 Å². The number of benzene rings is 2. The summed E-state index contributed by atoms with van der Waals surface area (Å²) in [7, 11) is 0. The number of halogens is 1. The van der Waals surface area contributed by atoms with Gasteiger partial charge in [0.25, 0.3) is 0 Å². The van der Waals surface area contributed by atoms with Crippen LogP contribution in [0.3, 0.4) is 0 Å². The van der Waals surface area contributed by atoms with Gasteiger partial charge in [0.15, 0.2) is 0 Å². The Hall–Kier alpha value is -1.87. The molecule has 1 heterocycles. The lowest BCUT2D eigenvalue weighted by Gasteiger charge is -2.31. The minimum absolute atomic E-state index is 0.00611. The summed E-state index contributed by atoms with van der Waals surface area (Å²) in [6.07, 6.45) is 2.23. The van der Waals surface area contributed by atoms with Gasteiger partial charge in [-0.1, -0.05) is 30.3 Å². The molecule has 0 spiro atoms. The fourth-order valence-electron chi connectivity index (χ4n) is 3.32. The fraction of sp³-hybridized carbons (Fsp3) is 0.333. The molecule has 0 amide bonds. The molecule has 0 radical (unpaired) electrons. The van der Waals surface area contributed by atoms with Crippen LogP contribution in [-0.4, -0.2) is 16.6 Å². The van der Waals surface area contributed by atoms with Crippen LogP contribution in [-0.2, 0) is 0 Å². The largest absolute Gasteiger partial charge is 0.508 e. The van der Waals surface area contributed by atoms with E-state index in [1.807, 2.05) is 13.0 Å². The minimum Gasteiger partial charge on any atom is -0.508 e. The molecule has 2 aromatic carbocycles. The molecule has 110 valence electrons. The van der Waals surface area contributed by atoms with Gasteiger partial charge >= 0.3 is 0 Å². The van der Waals surface area contributed by atoms with Crippen molar-refractivity contribution in [3.63, 3.8) is 0 Å². The van der Waals surface area contributed by atoms with Crippen LogP contribution >= 0.6 is 0 Å². The SMILES string of the molecule is CC(c1cc(F)ccc1O)N1CCCC1c1ccccc1. The van der Waals surface area contributed by atoms with Gasteiger partial charge in [-0.25, -0.2) is 4.39 Å². The van der Waals surface area contributed by atoms with Crippen molar-refractivity contribution in [2.24, 2.45) is 0 Å². The second kappa shape index (κ2) is 5.86. The maximum Gasteiger partial charge on any atom is 0.123 e. The van der Waals surface area contributed by atoms with Crippen molar-refractivity contribution in [3.05, 3.63) is 65.5 Å². The highest BCUT2D eigenvalue weighted by Gasteiger charge is 2.31. The van der Waals surface area contributed by atoms with Crippen molar-refractivity contribution < 1.29 is 9.50 Å². The molecule has 2 atom stereocenters. The Kier molecular flexibility index (Phi) is 3.93. The zero-order valence-corrected chi connectivity index (χ0v) is 12.2. The first-order valence-electron chi connectivity index (χ1n) is 7.46. The van der Waals surface area contributed by atoms with Crippen LogP contribution < -0.4 is 0 Å². The predicted octanol–water partition coefficient (Wildman–Crippen LogP) is 4.43. The summed E-state index contributed by atoms with van der Waals surface area (Å²) in [5.74, 6) is -0.132. The molecule has 21 heavy (non-hydrogen) atoms.